The molecule has 1 aromatic rings. The number of anilines is 1. The Morgan fingerprint density at radius 2 is 2.39 bits per heavy atom. The lowest BCUT2D eigenvalue weighted by atomic mass is 10.1. The highest BCUT2D eigenvalue weighted by molar-refractivity contribution is 9.10. The van der Waals surface area contributed by atoms with Crippen molar-refractivity contribution in [1.29, 1.82) is 5.26 Å². The minimum Gasteiger partial charge on any atom is -0.481 e. The average Bonchev–Trinajstić information content (AvgIpc) is 2.71. The fraction of sp³-hybridized carbons (Fsp3) is 0.273. The molecule has 1 fully saturated rings. The number of nitrogens with zero attached hydrogens (tertiary/aromatic N) is 3. The Morgan fingerprint density at radius 1 is 1.67 bits per heavy atom. The van der Waals surface area contributed by atoms with Gasteiger partial charge in [-0.3, -0.25) is 14.5 Å². The number of carbonyl (C=O) groups is 2. The highest BCUT2D eigenvalue weighted by Gasteiger charge is 2.36. The van der Waals surface area contributed by atoms with Crippen molar-refractivity contribution >= 4 is 33.6 Å². The highest BCUT2D eigenvalue weighted by atomic mass is 79.9. The van der Waals surface area contributed by atoms with Crippen LogP contribution in [-0.2, 0) is 9.59 Å². The molecule has 1 saturated heterocycles. The third-order valence-corrected chi connectivity index (χ3v) is 3.12. The Labute approximate surface area is 111 Å². The number of aromatic nitrogens is 1. The summed E-state index contributed by atoms with van der Waals surface area (Å²) < 4.78 is 0.629. The number of carbonyl (C=O) groups excluding carboxylic acids is 1. The van der Waals surface area contributed by atoms with E-state index in [4.69, 9.17) is 10.4 Å². The third kappa shape index (κ3) is 2.19. The SMILES string of the molecule is N#Cc1cc(Br)cnc1N1CC(C(=O)O)CC1=O. The Hall–Kier alpha value is -1.94. The van der Waals surface area contributed by atoms with E-state index in [-0.39, 0.29) is 30.3 Å². The van der Waals surface area contributed by atoms with E-state index in [1.165, 1.54) is 11.1 Å². The van der Waals surface area contributed by atoms with Crippen LogP contribution in [0.4, 0.5) is 5.82 Å². The Bertz CT molecular complexity index is 567. The summed E-state index contributed by atoms with van der Waals surface area (Å²) in [5, 5.41) is 17.9. The molecular weight excluding hydrogens is 302 g/mol. The summed E-state index contributed by atoms with van der Waals surface area (Å²) in [6, 6.07) is 3.49. The molecule has 1 amide bonds. The van der Waals surface area contributed by atoms with Crippen molar-refractivity contribution < 1.29 is 14.7 Å². The molecule has 1 aliphatic heterocycles. The molecule has 0 aliphatic carbocycles. The lowest BCUT2D eigenvalue weighted by Gasteiger charge is -2.16. The molecule has 0 saturated carbocycles. The molecule has 92 valence electrons. The van der Waals surface area contributed by atoms with Gasteiger partial charge in [0.25, 0.3) is 0 Å². The number of hydrogen-bond donors (Lipinski definition) is 1. The predicted molar refractivity (Wildman–Crippen MR) is 64.7 cm³/mol. The Balaban J connectivity index is 2.36. The molecule has 1 aliphatic rings. The topological polar surface area (TPSA) is 94.3 Å². The second kappa shape index (κ2) is 4.74. The van der Waals surface area contributed by atoms with Crippen molar-refractivity contribution in [2.75, 3.05) is 11.4 Å². The predicted octanol–water partition coefficient (Wildman–Crippen LogP) is 1.15. The molecule has 6 nitrogen and oxygen atoms in total. The number of nitriles is 1. The monoisotopic (exact) mass is 309 g/mol. The van der Waals surface area contributed by atoms with E-state index in [0.29, 0.717) is 4.47 Å². The van der Waals surface area contributed by atoms with Gasteiger partial charge >= 0.3 is 5.97 Å². The molecular formula is C11H8BrN3O3. The Morgan fingerprint density at radius 3 is 2.94 bits per heavy atom. The molecule has 1 aromatic heterocycles. The van der Waals surface area contributed by atoms with Crippen LogP contribution in [0.1, 0.15) is 12.0 Å². The standard InChI is InChI=1S/C11H8BrN3O3/c12-8-1-6(3-13)10(14-4-8)15-5-7(11(17)18)2-9(15)16/h1,4,7H,2,5H2,(H,17,18). The minimum absolute atomic E-state index is 0.0531. The fourth-order valence-corrected chi connectivity index (χ4v) is 2.14. The summed E-state index contributed by atoms with van der Waals surface area (Å²) in [6.07, 6.45) is 1.41. The first-order valence-corrected chi connectivity index (χ1v) is 5.91. The zero-order valence-corrected chi connectivity index (χ0v) is 10.7. The van der Waals surface area contributed by atoms with Crippen LogP contribution in [0, 0.1) is 17.2 Å². The molecule has 0 aromatic carbocycles. The molecule has 0 spiro atoms. The van der Waals surface area contributed by atoms with E-state index >= 15 is 0 Å². The number of aliphatic carboxylic acids is 1. The van der Waals surface area contributed by atoms with Crippen LogP contribution in [0.25, 0.3) is 0 Å². The van der Waals surface area contributed by atoms with Crippen molar-refractivity contribution in [1.82, 2.24) is 4.98 Å². The lowest BCUT2D eigenvalue weighted by molar-refractivity contribution is -0.141. The van der Waals surface area contributed by atoms with Crippen molar-refractivity contribution in [2.24, 2.45) is 5.92 Å². The number of pyridine rings is 1. The number of carboxylic acid groups (broad SMARTS) is 1. The largest absolute Gasteiger partial charge is 0.481 e. The van der Waals surface area contributed by atoms with Gasteiger partial charge in [-0.15, -0.1) is 0 Å². The molecule has 1 atom stereocenters. The van der Waals surface area contributed by atoms with Crippen LogP contribution in [0.3, 0.4) is 0 Å². The normalized spacial score (nSPS) is 18.8. The highest BCUT2D eigenvalue weighted by Crippen LogP contribution is 2.27. The number of hydrogen-bond acceptors (Lipinski definition) is 4. The van der Waals surface area contributed by atoms with E-state index in [1.807, 2.05) is 6.07 Å². The number of rotatable bonds is 2. The zero-order valence-electron chi connectivity index (χ0n) is 9.13. The number of amides is 1. The van der Waals surface area contributed by atoms with Crippen molar-refractivity contribution in [3.63, 3.8) is 0 Å². The molecule has 2 rings (SSSR count). The molecule has 1 N–H and O–H groups in total. The first-order chi connectivity index (χ1) is 8.52. The van der Waals surface area contributed by atoms with Crippen LogP contribution in [0.15, 0.2) is 16.7 Å². The maximum Gasteiger partial charge on any atom is 0.308 e. The molecule has 0 radical (unpaired) electrons. The number of carboxylic acids is 1. The summed E-state index contributed by atoms with van der Waals surface area (Å²) in [5.41, 5.74) is 0.240. The van der Waals surface area contributed by atoms with E-state index in [2.05, 4.69) is 20.9 Å². The fourth-order valence-electron chi connectivity index (χ4n) is 1.81. The second-order valence-corrected chi connectivity index (χ2v) is 4.80. The summed E-state index contributed by atoms with van der Waals surface area (Å²) in [4.78, 5) is 27.9. The smallest absolute Gasteiger partial charge is 0.308 e. The van der Waals surface area contributed by atoms with E-state index in [9.17, 15) is 9.59 Å². The van der Waals surface area contributed by atoms with Gasteiger partial charge in [-0.05, 0) is 22.0 Å². The quantitative estimate of drug-likeness (QED) is 0.884. The molecule has 18 heavy (non-hydrogen) atoms. The van der Waals surface area contributed by atoms with Crippen LogP contribution in [0.2, 0.25) is 0 Å². The zero-order chi connectivity index (χ0) is 13.3. The summed E-state index contributed by atoms with van der Waals surface area (Å²) in [6.45, 7) is 0.0531. The van der Waals surface area contributed by atoms with Gasteiger partial charge in [0, 0.05) is 23.6 Å². The summed E-state index contributed by atoms with van der Waals surface area (Å²) in [5.74, 6) is -1.86. The third-order valence-electron chi connectivity index (χ3n) is 2.68. The van der Waals surface area contributed by atoms with Crippen molar-refractivity contribution in [2.45, 2.75) is 6.42 Å². The van der Waals surface area contributed by atoms with Gasteiger partial charge in [0.2, 0.25) is 5.91 Å². The van der Waals surface area contributed by atoms with Crippen LogP contribution < -0.4 is 4.90 Å². The van der Waals surface area contributed by atoms with Gasteiger partial charge in [0.15, 0.2) is 5.82 Å². The maximum absolute atomic E-state index is 11.7. The second-order valence-electron chi connectivity index (χ2n) is 3.88. The van der Waals surface area contributed by atoms with E-state index < -0.39 is 11.9 Å². The lowest BCUT2D eigenvalue weighted by Crippen LogP contribution is -2.27. The van der Waals surface area contributed by atoms with E-state index in [1.54, 1.807) is 6.07 Å². The minimum atomic E-state index is -1.01. The van der Waals surface area contributed by atoms with Crippen molar-refractivity contribution in [3.05, 3.63) is 22.3 Å². The number of halogens is 1. The molecule has 2 heterocycles. The van der Waals surface area contributed by atoms with Gasteiger partial charge in [-0.1, -0.05) is 0 Å². The average molecular weight is 310 g/mol. The van der Waals surface area contributed by atoms with Gasteiger partial charge < -0.3 is 5.11 Å². The van der Waals surface area contributed by atoms with Gasteiger partial charge in [-0.25, -0.2) is 4.98 Å². The van der Waals surface area contributed by atoms with Gasteiger partial charge in [0.1, 0.15) is 6.07 Å². The van der Waals surface area contributed by atoms with E-state index in [0.717, 1.165) is 0 Å². The summed E-state index contributed by atoms with van der Waals surface area (Å²) >= 11 is 3.18. The van der Waals surface area contributed by atoms with Crippen LogP contribution in [0.5, 0.6) is 0 Å². The maximum atomic E-state index is 11.7. The summed E-state index contributed by atoms with van der Waals surface area (Å²) in [7, 11) is 0. The van der Waals surface area contributed by atoms with Gasteiger partial charge in [-0.2, -0.15) is 5.26 Å². The first-order valence-electron chi connectivity index (χ1n) is 5.11. The van der Waals surface area contributed by atoms with Gasteiger partial charge in [0.05, 0.1) is 11.5 Å². The Kier molecular flexibility index (Phi) is 3.30. The van der Waals surface area contributed by atoms with Crippen LogP contribution in [-0.4, -0.2) is 28.5 Å². The first kappa shape index (κ1) is 12.5. The molecule has 7 heteroatoms. The van der Waals surface area contributed by atoms with Crippen molar-refractivity contribution in [3.8, 4) is 6.07 Å². The van der Waals surface area contributed by atoms with Crippen LogP contribution >= 0.6 is 15.9 Å². The molecule has 1 unspecified atom stereocenters. The molecule has 0 bridgehead atoms.